The maximum Gasteiger partial charge on any atom is 0.0477 e. The van der Waals surface area contributed by atoms with Gasteiger partial charge in [-0.2, -0.15) is 0 Å². The highest BCUT2D eigenvalue weighted by atomic mass is 15.2. The topological polar surface area (TPSA) is 32.5 Å². The maximum atomic E-state index is 5.97. The molecule has 1 aromatic rings. The quantitative estimate of drug-likeness (QED) is 0.860. The van der Waals surface area contributed by atoms with Crippen LogP contribution in [0.2, 0.25) is 0 Å². The van der Waals surface area contributed by atoms with Crippen LogP contribution < -0.4 is 5.73 Å². The van der Waals surface area contributed by atoms with Crippen LogP contribution in [0.5, 0.6) is 0 Å². The van der Waals surface area contributed by atoms with Crippen molar-refractivity contribution in [2.75, 3.05) is 33.7 Å². The van der Waals surface area contributed by atoms with E-state index in [0.717, 1.165) is 26.2 Å². The number of rotatable bonds is 5. The van der Waals surface area contributed by atoms with Crippen molar-refractivity contribution in [2.24, 2.45) is 5.73 Å². The van der Waals surface area contributed by atoms with Gasteiger partial charge in [0.1, 0.15) is 0 Å². The van der Waals surface area contributed by atoms with Gasteiger partial charge >= 0.3 is 0 Å². The van der Waals surface area contributed by atoms with Gasteiger partial charge in [0, 0.05) is 25.7 Å². The lowest BCUT2D eigenvalue weighted by atomic mass is 10.0. The molecule has 1 unspecified atom stereocenters. The van der Waals surface area contributed by atoms with E-state index in [0.29, 0.717) is 6.04 Å². The summed E-state index contributed by atoms with van der Waals surface area (Å²) in [6.45, 7) is 6.27. The van der Waals surface area contributed by atoms with Gasteiger partial charge in [-0.1, -0.05) is 18.2 Å². The lowest BCUT2D eigenvalue weighted by Crippen LogP contribution is -2.30. The molecular weight excluding hydrogens is 222 g/mol. The molecule has 2 N–H and O–H groups in total. The average Bonchev–Trinajstić information content (AvgIpc) is 2.68. The SMILES string of the molecule is Cc1cccc2c1CN(CCCN(C)C)C2CN. The van der Waals surface area contributed by atoms with Crippen LogP contribution in [0.25, 0.3) is 0 Å². The molecule has 0 spiro atoms. The normalized spacial score (nSPS) is 19.5. The molecule has 1 aliphatic heterocycles. The number of aryl methyl sites for hydroxylation is 1. The Morgan fingerprint density at radius 3 is 2.83 bits per heavy atom. The van der Waals surface area contributed by atoms with Crippen molar-refractivity contribution in [3.8, 4) is 0 Å². The lowest BCUT2D eigenvalue weighted by molar-refractivity contribution is 0.208. The van der Waals surface area contributed by atoms with Crippen molar-refractivity contribution >= 4 is 0 Å². The molecule has 3 nitrogen and oxygen atoms in total. The van der Waals surface area contributed by atoms with Gasteiger partial charge in [0.05, 0.1) is 0 Å². The summed E-state index contributed by atoms with van der Waals surface area (Å²) < 4.78 is 0. The number of hydrogen-bond donors (Lipinski definition) is 1. The van der Waals surface area contributed by atoms with Crippen molar-refractivity contribution in [3.63, 3.8) is 0 Å². The first-order valence-electron chi connectivity index (χ1n) is 6.80. The van der Waals surface area contributed by atoms with Gasteiger partial charge in [0.2, 0.25) is 0 Å². The van der Waals surface area contributed by atoms with Gasteiger partial charge in [-0.15, -0.1) is 0 Å². The molecule has 1 heterocycles. The molecule has 1 aromatic carbocycles. The molecule has 100 valence electrons. The summed E-state index contributed by atoms with van der Waals surface area (Å²) in [6, 6.07) is 7.02. The van der Waals surface area contributed by atoms with E-state index in [2.05, 4.69) is 49.0 Å². The van der Waals surface area contributed by atoms with Gasteiger partial charge in [-0.05, 0) is 50.7 Å². The van der Waals surface area contributed by atoms with E-state index >= 15 is 0 Å². The smallest absolute Gasteiger partial charge is 0.0477 e. The summed E-state index contributed by atoms with van der Waals surface area (Å²) in [5, 5.41) is 0. The summed E-state index contributed by atoms with van der Waals surface area (Å²) in [5.74, 6) is 0. The molecule has 0 amide bonds. The monoisotopic (exact) mass is 247 g/mol. The molecule has 2 rings (SSSR count). The number of hydrogen-bond acceptors (Lipinski definition) is 3. The van der Waals surface area contributed by atoms with E-state index in [1.54, 1.807) is 0 Å². The molecule has 1 atom stereocenters. The Morgan fingerprint density at radius 2 is 2.17 bits per heavy atom. The van der Waals surface area contributed by atoms with E-state index in [1.165, 1.54) is 23.1 Å². The van der Waals surface area contributed by atoms with Gasteiger partial charge in [0.25, 0.3) is 0 Å². The number of benzene rings is 1. The largest absolute Gasteiger partial charge is 0.329 e. The van der Waals surface area contributed by atoms with E-state index < -0.39 is 0 Å². The Morgan fingerprint density at radius 1 is 1.39 bits per heavy atom. The second kappa shape index (κ2) is 5.83. The van der Waals surface area contributed by atoms with Crippen LogP contribution in [0.15, 0.2) is 18.2 Å². The van der Waals surface area contributed by atoms with Crippen molar-refractivity contribution in [1.29, 1.82) is 0 Å². The highest BCUT2D eigenvalue weighted by Gasteiger charge is 2.29. The van der Waals surface area contributed by atoms with Crippen LogP contribution in [-0.2, 0) is 6.54 Å². The lowest BCUT2D eigenvalue weighted by Gasteiger charge is -2.24. The molecule has 1 aliphatic rings. The van der Waals surface area contributed by atoms with Crippen LogP contribution in [0.3, 0.4) is 0 Å². The first-order chi connectivity index (χ1) is 8.63. The molecule has 3 heteroatoms. The van der Waals surface area contributed by atoms with Crippen LogP contribution >= 0.6 is 0 Å². The summed E-state index contributed by atoms with van der Waals surface area (Å²) >= 11 is 0. The van der Waals surface area contributed by atoms with E-state index in [9.17, 15) is 0 Å². The van der Waals surface area contributed by atoms with Crippen molar-refractivity contribution < 1.29 is 0 Å². The Bertz CT molecular complexity index is 401. The minimum absolute atomic E-state index is 0.419. The fourth-order valence-corrected chi connectivity index (χ4v) is 2.86. The molecule has 0 bridgehead atoms. The molecule has 0 fully saturated rings. The Kier molecular flexibility index (Phi) is 4.38. The molecule has 18 heavy (non-hydrogen) atoms. The fraction of sp³-hybridized carbons (Fsp3) is 0.600. The zero-order chi connectivity index (χ0) is 13.1. The molecule has 0 radical (unpaired) electrons. The third-order valence-corrected chi connectivity index (χ3v) is 3.88. The molecule has 0 saturated heterocycles. The summed E-state index contributed by atoms with van der Waals surface area (Å²) in [4.78, 5) is 4.77. The second-order valence-corrected chi connectivity index (χ2v) is 5.52. The Hall–Kier alpha value is -0.900. The zero-order valence-electron chi connectivity index (χ0n) is 11.8. The predicted molar refractivity (Wildman–Crippen MR) is 76.6 cm³/mol. The van der Waals surface area contributed by atoms with Crippen molar-refractivity contribution in [1.82, 2.24) is 9.80 Å². The first-order valence-corrected chi connectivity index (χ1v) is 6.80. The van der Waals surface area contributed by atoms with Gasteiger partial charge in [-0.3, -0.25) is 4.90 Å². The summed E-state index contributed by atoms with van der Waals surface area (Å²) in [5.41, 5.74) is 10.3. The first kappa shape index (κ1) is 13.5. The number of fused-ring (bicyclic) bond motifs is 1. The van der Waals surface area contributed by atoms with Gasteiger partial charge in [0.15, 0.2) is 0 Å². The highest BCUT2D eigenvalue weighted by molar-refractivity contribution is 5.40. The summed E-state index contributed by atoms with van der Waals surface area (Å²) in [7, 11) is 4.26. The van der Waals surface area contributed by atoms with E-state index in [1.807, 2.05) is 0 Å². The fourth-order valence-electron chi connectivity index (χ4n) is 2.86. The molecule has 0 aliphatic carbocycles. The third kappa shape index (κ3) is 2.74. The predicted octanol–water partition coefficient (Wildman–Crippen LogP) is 1.76. The molecule has 0 saturated carbocycles. The van der Waals surface area contributed by atoms with Gasteiger partial charge < -0.3 is 10.6 Å². The summed E-state index contributed by atoms with van der Waals surface area (Å²) in [6.07, 6.45) is 1.20. The van der Waals surface area contributed by atoms with Crippen molar-refractivity contribution in [3.05, 3.63) is 34.9 Å². The highest BCUT2D eigenvalue weighted by Crippen LogP contribution is 2.34. The van der Waals surface area contributed by atoms with Crippen LogP contribution in [0.1, 0.15) is 29.2 Å². The molecular formula is C15H25N3. The van der Waals surface area contributed by atoms with E-state index in [-0.39, 0.29) is 0 Å². The van der Waals surface area contributed by atoms with Crippen molar-refractivity contribution in [2.45, 2.75) is 25.9 Å². The Labute approximate surface area is 111 Å². The second-order valence-electron chi connectivity index (χ2n) is 5.52. The molecule has 0 aromatic heterocycles. The average molecular weight is 247 g/mol. The third-order valence-electron chi connectivity index (χ3n) is 3.88. The Balaban J connectivity index is 2.05. The van der Waals surface area contributed by atoms with E-state index in [4.69, 9.17) is 5.73 Å². The minimum Gasteiger partial charge on any atom is -0.329 e. The van der Waals surface area contributed by atoms with Gasteiger partial charge in [-0.25, -0.2) is 0 Å². The van der Waals surface area contributed by atoms with Crippen LogP contribution in [-0.4, -0.2) is 43.5 Å². The van der Waals surface area contributed by atoms with Crippen LogP contribution in [0.4, 0.5) is 0 Å². The number of nitrogens with zero attached hydrogens (tertiary/aromatic N) is 2. The zero-order valence-corrected chi connectivity index (χ0v) is 11.8. The standard InChI is InChI=1S/C15H25N3/c1-12-6-4-7-13-14(12)11-18(15(13)10-16)9-5-8-17(2)3/h4,6-7,15H,5,8-11,16H2,1-3H3. The number of nitrogens with two attached hydrogens (primary N) is 1. The maximum absolute atomic E-state index is 5.97. The van der Waals surface area contributed by atoms with Crippen LogP contribution in [0, 0.1) is 6.92 Å². The minimum atomic E-state index is 0.419.